The molecule has 0 aromatic heterocycles. The van der Waals surface area contributed by atoms with E-state index in [9.17, 15) is 13.2 Å². The average Bonchev–Trinajstić information content (AvgIpc) is 2.57. The summed E-state index contributed by atoms with van der Waals surface area (Å²) in [5.41, 5.74) is 3.58. The number of ether oxygens (including phenoxy) is 1. The van der Waals surface area contributed by atoms with Crippen molar-refractivity contribution in [1.82, 2.24) is 5.32 Å². The van der Waals surface area contributed by atoms with E-state index in [1.165, 1.54) is 23.8 Å². The number of nitrogens with one attached hydrogen (secondary N) is 1. The summed E-state index contributed by atoms with van der Waals surface area (Å²) >= 11 is 5.82. The van der Waals surface area contributed by atoms with Gasteiger partial charge in [0.15, 0.2) is 0 Å². The highest BCUT2D eigenvalue weighted by Crippen LogP contribution is 2.23. The van der Waals surface area contributed by atoms with Gasteiger partial charge in [-0.25, -0.2) is 13.6 Å². The number of benzene rings is 2. The van der Waals surface area contributed by atoms with Crippen molar-refractivity contribution in [1.29, 1.82) is 0 Å². The molecule has 6 nitrogen and oxygen atoms in total. The predicted octanol–water partition coefficient (Wildman–Crippen LogP) is 3.11. The van der Waals surface area contributed by atoms with Gasteiger partial charge in [-0.2, -0.15) is 0 Å². The van der Waals surface area contributed by atoms with E-state index < -0.39 is 15.9 Å². The maximum absolute atomic E-state index is 12.2. The molecule has 0 aliphatic carbocycles. The van der Waals surface area contributed by atoms with E-state index in [4.69, 9.17) is 21.5 Å². The van der Waals surface area contributed by atoms with Gasteiger partial charge in [-0.15, -0.1) is 0 Å². The first-order chi connectivity index (χ1) is 12.6. The Morgan fingerprint density at radius 3 is 2.56 bits per heavy atom. The van der Waals surface area contributed by atoms with E-state index in [-0.39, 0.29) is 15.5 Å². The highest BCUT2D eigenvalue weighted by molar-refractivity contribution is 7.89. The molecule has 2 aromatic carbocycles. The molecule has 0 saturated heterocycles. The van der Waals surface area contributed by atoms with Crippen LogP contribution in [0.2, 0.25) is 5.02 Å². The average molecular weight is 411 g/mol. The van der Waals surface area contributed by atoms with Crippen molar-refractivity contribution in [3.63, 3.8) is 0 Å². The van der Waals surface area contributed by atoms with Crippen molar-refractivity contribution in [2.24, 2.45) is 5.14 Å². The van der Waals surface area contributed by atoms with Crippen LogP contribution in [0.25, 0.3) is 0 Å². The lowest BCUT2D eigenvalue weighted by Gasteiger charge is -2.12. The zero-order valence-corrected chi connectivity index (χ0v) is 17.1. The molecular formula is C19H23ClN2O4S. The molecule has 0 saturated carbocycles. The first kappa shape index (κ1) is 21.2. The normalized spacial score (nSPS) is 11.3. The van der Waals surface area contributed by atoms with Crippen molar-refractivity contribution >= 4 is 27.5 Å². The molecule has 0 bridgehead atoms. The van der Waals surface area contributed by atoms with E-state index in [2.05, 4.69) is 11.4 Å². The van der Waals surface area contributed by atoms with Crippen LogP contribution in [0.1, 0.15) is 33.5 Å². The molecule has 2 rings (SSSR count). The fourth-order valence-electron chi connectivity index (χ4n) is 2.57. The highest BCUT2D eigenvalue weighted by Gasteiger charge is 2.16. The van der Waals surface area contributed by atoms with Crippen molar-refractivity contribution in [3.8, 4) is 5.75 Å². The highest BCUT2D eigenvalue weighted by atomic mass is 35.5. The fourth-order valence-corrected chi connectivity index (χ4v) is 3.64. The van der Waals surface area contributed by atoms with Gasteiger partial charge in [0.2, 0.25) is 10.0 Å². The van der Waals surface area contributed by atoms with Crippen LogP contribution in [0.3, 0.4) is 0 Å². The largest absolute Gasteiger partial charge is 0.493 e. The van der Waals surface area contributed by atoms with Gasteiger partial charge in [-0.05, 0) is 68.1 Å². The van der Waals surface area contributed by atoms with Crippen molar-refractivity contribution in [2.75, 3.05) is 13.2 Å². The standard InChI is InChI=1S/C19H23ClN2O4S/c1-12-9-13(2)14(3)17(10-12)26-8-4-7-22-19(23)15-5-6-16(20)18(11-15)27(21,24)25/h5-6,9-11H,4,7-8H2,1-3H3,(H,22,23)(H2,21,24,25). The number of primary sulfonamides is 1. The Kier molecular flexibility index (Phi) is 6.86. The molecule has 27 heavy (non-hydrogen) atoms. The van der Waals surface area contributed by atoms with Gasteiger partial charge in [0.25, 0.3) is 5.91 Å². The van der Waals surface area contributed by atoms with E-state index in [1.807, 2.05) is 26.8 Å². The molecule has 0 atom stereocenters. The van der Waals surface area contributed by atoms with Crippen molar-refractivity contribution in [3.05, 3.63) is 57.6 Å². The second-order valence-electron chi connectivity index (χ2n) is 6.35. The third-order valence-electron chi connectivity index (χ3n) is 4.13. The Morgan fingerprint density at radius 2 is 1.89 bits per heavy atom. The second kappa shape index (κ2) is 8.73. The number of aryl methyl sites for hydroxylation is 2. The molecule has 1 amide bonds. The van der Waals surface area contributed by atoms with Gasteiger partial charge < -0.3 is 10.1 Å². The van der Waals surface area contributed by atoms with E-state index in [1.54, 1.807) is 0 Å². The smallest absolute Gasteiger partial charge is 0.251 e. The van der Waals surface area contributed by atoms with Crippen LogP contribution < -0.4 is 15.2 Å². The zero-order valence-electron chi connectivity index (χ0n) is 15.5. The third-order valence-corrected chi connectivity index (χ3v) is 5.52. The molecule has 0 radical (unpaired) electrons. The molecule has 0 aliphatic rings. The summed E-state index contributed by atoms with van der Waals surface area (Å²) in [4.78, 5) is 11.9. The number of halogens is 1. The Morgan fingerprint density at radius 1 is 1.19 bits per heavy atom. The summed E-state index contributed by atoms with van der Waals surface area (Å²) in [6, 6.07) is 8.04. The molecule has 0 unspecified atom stereocenters. The minimum absolute atomic E-state index is 0.0220. The van der Waals surface area contributed by atoms with Gasteiger partial charge >= 0.3 is 0 Å². The molecule has 3 N–H and O–H groups in total. The van der Waals surface area contributed by atoms with Gasteiger partial charge in [-0.1, -0.05) is 17.7 Å². The second-order valence-corrected chi connectivity index (χ2v) is 8.29. The lowest BCUT2D eigenvalue weighted by molar-refractivity contribution is 0.0951. The SMILES string of the molecule is Cc1cc(C)c(C)c(OCCCNC(=O)c2ccc(Cl)c(S(N)(=O)=O)c2)c1. The van der Waals surface area contributed by atoms with Crippen LogP contribution in [0.5, 0.6) is 5.75 Å². The van der Waals surface area contributed by atoms with Gasteiger partial charge in [0.05, 0.1) is 11.6 Å². The summed E-state index contributed by atoms with van der Waals surface area (Å²) in [5.74, 6) is 0.438. The number of hydrogen-bond acceptors (Lipinski definition) is 4. The number of carbonyl (C=O) groups excluding carboxylic acids is 1. The van der Waals surface area contributed by atoms with E-state index in [0.717, 1.165) is 16.9 Å². The van der Waals surface area contributed by atoms with Crippen LogP contribution in [0.15, 0.2) is 35.2 Å². The molecule has 2 aromatic rings. The minimum Gasteiger partial charge on any atom is -0.493 e. The number of amides is 1. The number of nitrogens with two attached hydrogens (primary N) is 1. The van der Waals surface area contributed by atoms with Gasteiger partial charge in [0.1, 0.15) is 10.6 Å². The maximum Gasteiger partial charge on any atom is 0.251 e. The van der Waals surface area contributed by atoms with Crippen LogP contribution in [-0.2, 0) is 10.0 Å². The summed E-state index contributed by atoms with van der Waals surface area (Å²) in [6.07, 6.45) is 0.605. The zero-order chi connectivity index (χ0) is 20.2. The quantitative estimate of drug-likeness (QED) is 0.685. The van der Waals surface area contributed by atoms with E-state index >= 15 is 0 Å². The summed E-state index contributed by atoms with van der Waals surface area (Å²) in [5, 5.41) is 7.80. The number of carbonyl (C=O) groups is 1. The lowest BCUT2D eigenvalue weighted by Crippen LogP contribution is -2.26. The number of rotatable bonds is 7. The van der Waals surface area contributed by atoms with Gasteiger partial charge in [-0.3, -0.25) is 4.79 Å². The number of hydrogen-bond donors (Lipinski definition) is 2. The molecule has 0 heterocycles. The first-order valence-corrected chi connectivity index (χ1v) is 10.3. The van der Waals surface area contributed by atoms with Crippen LogP contribution >= 0.6 is 11.6 Å². The Bertz CT molecular complexity index is 958. The maximum atomic E-state index is 12.2. The Hall–Kier alpha value is -2.09. The molecule has 146 valence electrons. The van der Waals surface area contributed by atoms with Crippen LogP contribution in [0, 0.1) is 20.8 Å². The third kappa shape index (κ3) is 5.69. The molecule has 0 aliphatic heterocycles. The Balaban J connectivity index is 1.89. The van der Waals surface area contributed by atoms with Crippen LogP contribution in [0.4, 0.5) is 0 Å². The molecular weight excluding hydrogens is 388 g/mol. The fraction of sp³-hybridized carbons (Fsp3) is 0.316. The van der Waals surface area contributed by atoms with Crippen LogP contribution in [-0.4, -0.2) is 27.5 Å². The lowest BCUT2D eigenvalue weighted by atomic mass is 10.1. The molecule has 8 heteroatoms. The van der Waals surface area contributed by atoms with E-state index in [0.29, 0.717) is 19.6 Å². The van der Waals surface area contributed by atoms with Crippen molar-refractivity contribution < 1.29 is 17.9 Å². The summed E-state index contributed by atoms with van der Waals surface area (Å²) in [6.45, 7) is 6.90. The Labute approximate surface area is 164 Å². The molecule has 0 spiro atoms. The van der Waals surface area contributed by atoms with Crippen molar-refractivity contribution in [2.45, 2.75) is 32.1 Å². The molecule has 0 fully saturated rings. The summed E-state index contributed by atoms with van der Waals surface area (Å²) in [7, 11) is -3.99. The first-order valence-electron chi connectivity index (χ1n) is 8.41. The topological polar surface area (TPSA) is 98.5 Å². The number of sulfonamides is 1. The predicted molar refractivity (Wildman–Crippen MR) is 106 cm³/mol. The van der Waals surface area contributed by atoms with Gasteiger partial charge in [0, 0.05) is 12.1 Å². The minimum atomic E-state index is -3.99. The monoisotopic (exact) mass is 410 g/mol. The summed E-state index contributed by atoms with van der Waals surface area (Å²) < 4.78 is 28.8.